The number of hydrogen-bond acceptors (Lipinski definition) is 3. The molecule has 0 aromatic carbocycles. The lowest BCUT2D eigenvalue weighted by atomic mass is 10.2. The summed E-state index contributed by atoms with van der Waals surface area (Å²) in [7, 11) is 1.74. The number of nitrogens with zero attached hydrogens (tertiary/aromatic N) is 1. The van der Waals surface area contributed by atoms with Crippen LogP contribution in [-0.4, -0.2) is 48.1 Å². The van der Waals surface area contributed by atoms with E-state index >= 15 is 0 Å². The van der Waals surface area contributed by atoms with E-state index in [1.54, 1.807) is 11.9 Å². The molecule has 0 saturated carbocycles. The first-order valence-electron chi connectivity index (χ1n) is 5.65. The molecule has 1 amide bonds. The van der Waals surface area contributed by atoms with Crippen molar-refractivity contribution in [2.75, 3.05) is 20.1 Å². The highest BCUT2D eigenvalue weighted by Crippen LogP contribution is 1.95. The fourth-order valence-electron chi connectivity index (χ4n) is 1.44. The lowest BCUT2D eigenvalue weighted by molar-refractivity contribution is -0.137. The van der Waals surface area contributed by atoms with E-state index in [1.165, 1.54) is 0 Å². The number of carbonyl (C=O) groups is 2. The first-order chi connectivity index (χ1) is 7.45. The van der Waals surface area contributed by atoms with Gasteiger partial charge in [-0.3, -0.25) is 14.5 Å². The number of amides is 1. The second kappa shape index (κ2) is 8.10. The maximum Gasteiger partial charge on any atom is 0.304 e. The van der Waals surface area contributed by atoms with Crippen molar-refractivity contribution in [3.8, 4) is 0 Å². The van der Waals surface area contributed by atoms with Crippen LogP contribution in [0, 0.1) is 0 Å². The number of aliphatic carboxylic acids is 1. The maximum atomic E-state index is 11.5. The summed E-state index contributed by atoms with van der Waals surface area (Å²) in [5, 5.41) is 11.4. The van der Waals surface area contributed by atoms with Gasteiger partial charge in [0.15, 0.2) is 0 Å². The van der Waals surface area contributed by atoms with Crippen molar-refractivity contribution in [3.05, 3.63) is 0 Å². The first-order valence-corrected chi connectivity index (χ1v) is 5.65. The average Bonchev–Trinajstić information content (AvgIpc) is 2.14. The normalized spacial score (nSPS) is 12.5. The zero-order valence-corrected chi connectivity index (χ0v) is 10.3. The Hall–Kier alpha value is -1.10. The van der Waals surface area contributed by atoms with Gasteiger partial charge in [-0.15, -0.1) is 0 Å². The molecule has 0 spiro atoms. The van der Waals surface area contributed by atoms with E-state index in [2.05, 4.69) is 12.2 Å². The third kappa shape index (κ3) is 8.23. The molecule has 0 aliphatic rings. The highest BCUT2D eigenvalue weighted by molar-refractivity contribution is 5.78. The minimum absolute atomic E-state index is 0.0474. The van der Waals surface area contributed by atoms with Crippen LogP contribution in [0.15, 0.2) is 0 Å². The van der Waals surface area contributed by atoms with Crippen LogP contribution in [0.4, 0.5) is 0 Å². The third-order valence-electron chi connectivity index (χ3n) is 2.25. The Morgan fingerprint density at radius 2 is 2.06 bits per heavy atom. The van der Waals surface area contributed by atoms with Crippen LogP contribution in [0.25, 0.3) is 0 Å². The van der Waals surface area contributed by atoms with E-state index in [1.807, 2.05) is 6.92 Å². The van der Waals surface area contributed by atoms with Gasteiger partial charge in [0.05, 0.1) is 13.0 Å². The second-order valence-electron chi connectivity index (χ2n) is 4.14. The second-order valence-corrected chi connectivity index (χ2v) is 4.14. The molecule has 0 bridgehead atoms. The summed E-state index contributed by atoms with van der Waals surface area (Å²) in [5.74, 6) is -0.888. The Morgan fingerprint density at radius 1 is 1.44 bits per heavy atom. The van der Waals surface area contributed by atoms with Gasteiger partial charge in [-0.1, -0.05) is 13.3 Å². The molecule has 0 heterocycles. The van der Waals surface area contributed by atoms with Crippen molar-refractivity contribution >= 4 is 11.9 Å². The number of carboxylic acid groups (broad SMARTS) is 1. The smallest absolute Gasteiger partial charge is 0.304 e. The van der Waals surface area contributed by atoms with Crippen LogP contribution >= 0.6 is 0 Å². The molecule has 0 radical (unpaired) electrons. The minimum Gasteiger partial charge on any atom is -0.481 e. The van der Waals surface area contributed by atoms with Gasteiger partial charge < -0.3 is 10.4 Å². The van der Waals surface area contributed by atoms with Gasteiger partial charge in [0, 0.05) is 12.6 Å². The summed E-state index contributed by atoms with van der Waals surface area (Å²) in [6, 6.07) is 0.186. The molecular formula is C11H22N2O3. The van der Waals surface area contributed by atoms with E-state index in [-0.39, 0.29) is 24.9 Å². The number of likely N-dealkylation sites (N-methyl/N-ethyl adjacent to an activating group) is 1. The largest absolute Gasteiger partial charge is 0.481 e. The Labute approximate surface area is 96.8 Å². The molecule has 1 atom stereocenters. The number of hydrogen-bond donors (Lipinski definition) is 2. The lowest BCUT2D eigenvalue weighted by Gasteiger charge is -2.17. The zero-order valence-electron chi connectivity index (χ0n) is 10.3. The van der Waals surface area contributed by atoms with Gasteiger partial charge in [0.25, 0.3) is 0 Å². The Kier molecular flexibility index (Phi) is 7.54. The van der Waals surface area contributed by atoms with Crippen LogP contribution in [0.2, 0.25) is 0 Å². The maximum absolute atomic E-state index is 11.5. The van der Waals surface area contributed by atoms with Crippen LogP contribution in [0.3, 0.4) is 0 Å². The molecule has 0 saturated heterocycles. The van der Waals surface area contributed by atoms with Gasteiger partial charge in [-0.25, -0.2) is 0 Å². The lowest BCUT2D eigenvalue weighted by Crippen LogP contribution is -2.40. The van der Waals surface area contributed by atoms with Crippen molar-refractivity contribution in [2.45, 2.75) is 39.2 Å². The van der Waals surface area contributed by atoms with E-state index in [4.69, 9.17) is 5.11 Å². The molecular weight excluding hydrogens is 208 g/mol. The minimum atomic E-state index is -0.841. The molecule has 0 aliphatic carbocycles. The summed E-state index contributed by atoms with van der Waals surface area (Å²) in [6.45, 7) is 4.69. The van der Waals surface area contributed by atoms with Gasteiger partial charge in [-0.05, 0) is 20.4 Å². The highest BCUT2D eigenvalue weighted by Gasteiger charge is 2.10. The van der Waals surface area contributed by atoms with Crippen LogP contribution in [0.1, 0.15) is 33.1 Å². The van der Waals surface area contributed by atoms with Crippen LogP contribution < -0.4 is 5.32 Å². The molecule has 0 aliphatic heterocycles. The molecule has 0 rings (SSSR count). The van der Waals surface area contributed by atoms with E-state index in [0.717, 1.165) is 12.8 Å². The Balaban J connectivity index is 3.73. The van der Waals surface area contributed by atoms with E-state index in [0.29, 0.717) is 6.54 Å². The molecule has 5 heteroatoms. The summed E-state index contributed by atoms with van der Waals surface area (Å²) >= 11 is 0. The number of carboxylic acids is 1. The molecule has 2 N–H and O–H groups in total. The van der Waals surface area contributed by atoms with E-state index < -0.39 is 5.97 Å². The fourth-order valence-corrected chi connectivity index (χ4v) is 1.44. The van der Waals surface area contributed by atoms with Crippen molar-refractivity contribution in [2.24, 2.45) is 0 Å². The monoisotopic (exact) mass is 230 g/mol. The first kappa shape index (κ1) is 14.9. The molecule has 0 aromatic rings. The van der Waals surface area contributed by atoms with Gasteiger partial charge in [0.1, 0.15) is 0 Å². The number of rotatable bonds is 8. The van der Waals surface area contributed by atoms with Crippen molar-refractivity contribution in [3.63, 3.8) is 0 Å². The predicted molar refractivity (Wildman–Crippen MR) is 62.3 cm³/mol. The van der Waals surface area contributed by atoms with Crippen LogP contribution in [0.5, 0.6) is 0 Å². The third-order valence-corrected chi connectivity index (χ3v) is 2.25. The SMILES string of the molecule is CCCC(C)NC(=O)CN(C)CCC(=O)O. The van der Waals surface area contributed by atoms with Crippen molar-refractivity contribution in [1.82, 2.24) is 10.2 Å². The Morgan fingerprint density at radius 3 is 2.56 bits per heavy atom. The number of carbonyl (C=O) groups excluding carboxylic acids is 1. The molecule has 5 nitrogen and oxygen atoms in total. The fraction of sp³-hybridized carbons (Fsp3) is 0.818. The molecule has 94 valence electrons. The average molecular weight is 230 g/mol. The number of nitrogens with one attached hydrogen (secondary N) is 1. The summed E-state index contributed by atoms with van der Waals surface area (Å²) in [6.07, 6.45) is 2.06. The summed E-state index contributed by atoms with van der Waals surface area (Å²) in [4.78, 5) is 23.5. The van der Waals surface area contributed by atoms with Crippen LogP contribution in [-0.2, 0) is 9.59 Å². The summed E-state index contributed by atoms with van der Waals surface area (Å²) in [5.41, 5.74) is 0. The highest BCUT2D eigenvalue weighted by atomic mass is 16.4. The van der Waals surface area contributed by atoms with Gasteiger partial charge in [-0.2, -0.15) is 0 Å². The van der Waals surface area contributed by atoms with E-state index in [9.17, 15) is 9.59 Å². The van der Waals surface area contributed by atoms with Gasteiger partial charge >= 0.3 is 5.97 Å². The molecule has 0 fully saturated rings. The van der Waals surface area contributed by atoms with Crippen molar-refractivity contribution in [1.29, 1.82) is 0 Å². The standard InChI is InChI=1S/C11H22N2O3/c1-4-5-9(2)12-10(14)8-13(3)7-6-11(15)16/h9H,4-8H2,1-3H3,(H,12,14)(H,15,16). The molecule has 16 heavy (non-hydrogen) atoms. The molecule has 0 aromatic heterocycles. The predicted octanol–water partition coefficient (Wildman–Crippen LogP) is 0.698. The zero-order chi connectivity index (χ0) is 12.6. The summed E-state index contributed by atoms with van der Waals surface area (Å²) < 4.78 is 0. The van der Waals surface area contributed by atoms with Gasteiger partial charge in [0.2, 0.25) is 5.91 Å². The Bertz CT molecular complexity index is 231. The van der Waals surface area contributed by atoms with Crippen molar-refractivity contribution < 1.29 is 14.7 Å². The quantitative estimate of drug-likeness (QED) is 0.644. The molecule has 1 unspecified atom stereocenters. The topological polar surface area (TPSA) is 69.6 Å².